The zero-order valence-electron chi connectivity index (χ0n) is 9.24. The van der Waals surface area contributed by atoms with Crippen LogP contribution in [0, 0.1) is 17.8 Å². The second kappa shape index (κ2) is 4.63. The van der Waals surface area contributed by atoms with Crippen molar-refractivity contribution < 1.29 is 4.74 Å². The van der Waals surface area contributed by atoms with Crippen LogP contribution >= 0.6 is 0 Å². The van der Waals surface area contributed by atoms with E-state index in [1.54, 1.807) is 0 Å². The first-order valence-electron chi connectivity index (χ1n) is 6.11. The largest absolute Gasteiger partial charge is 0.378 e. The van der Waals surface area contributed by atoms with Gasteiger partial charge in [0.25, 0.3) is 0 Å². The Morgan fingerprint density at radius 1 is 1.21 bits per heavy atom. The summed E-state index contributed by atoms with van der Waals surface area (Å²) in [5.41, 5.74) is 5.78. The molecule has 0 aromatic rings. The van der Waals surface area contributed by atoms with Crippen molar-refractivity contribution in [3.63, 3.8) is 0 Å². The first kappa shape index (κ1) is 10.4. The molecule has 0 heterocycles. The molecule has 0 aromatic heterocycles. The molecule has 2 fully saturated rings. The molecule has 2 rings (SSSR count). The molecule has 2 saturated carbocycles. The van der Waals surface area contributed by atoms with E-state index in [1.165, 1.54) is 32.1 Å². The normalized spacial score (nSPS) is 38.6. The van der Waals surface area contributed by atoms with Crippen LogP contribution in [0.3, 0.4) is 0 Å². The molecule has 0 radical (unpaired) electrons. The molecule has 2 aliphatic rings. The third-order valence-corrected chi connectivity index (χ3v) is 3.74. The standard InChI is InChI=1S/C12H23NO/c1-9-2-5-11(7-13)12(6-9)14-8-10-3-4-10/h9-12H,2-8,13H2,1H3. The Bertz CT molecular complexity index is 179. The molecule has 14 heavy (non-hydrogen) atoms. The molecule has 0 spiro atoms. The van der Waals surface area contributed by atoms with Gasteiger partial charge in [-0.25, -0.2) is 0 Å². The Morgan fingerprint density at radius 2 is 2.00 bits per heavy atom. The van der Waals surface area contributed by atoms with E-state index in [1.807, 2.05) is 0 Å². The smallest absolute Gasteiger partial charge is 0.0618 e. The monoisotopic (exact) mass is 197 g/mol. The first-order chi connectivity index (χ1) is 6.79. The van der Waals surface area contributed by atoms with Crippen LogP contribution in [0.15, 0.2) is 0 Å². The summed E-state index contributed by atoms with van der Waals surface area (Å²) in [6, 6.07) is 0. The maximum atomic E-state index is 6.00. The van der Waals surface area contributed by atoms with Crippen molar-refractivity contribution in [3.05, 3.63) is 0 Å². The molecule has 82 valence electrons. The number of nitrogens with two attached hydrogens (primary N) is 1. The molecule has 3 atom stereocenters. The fraction of sp³-hybridized carbons (Fsp3) is 1.00. The summed E-state index contributed by atoms with van der Waals surface area (Å²) in [6.45, 7) is 4.14. The highest BCUT2D eigenvalue weighted by Gasteiger charge is 2.30. The van der Waals surface area contributed by atoms with E-state index in [0.717, 1.165) is 25.0 Å². The van der Waals surface area contributed by atoms with Gasteiger partial charge in [-0.3, -0.25) is 0 Å². The number of rotatable bonds is 4. The van der Waals surface area contributed by atoms with Crippen molar-refractivity contribution >= 4 is 0 Å². The Morgan fingerprint density at radius 3 is 2.64 bits per heavy atom. The molecule has 2 nitrogen and oxygen atoms in total. The highest BCUT2D eigenvalue weighted by molar-refractivity contribution is 4.81. The minimum atomic E-state index is 0.462. The van der Waals surface area contributed by atoms with Crippen LogP contribution in [0.5, 0.6) is 0 Å². The van der Waals surface area contributed by atoms with Gasteiger partial charge >= 0.3 is 0 Å². The number of ether oxygens (including phenoxy) is 1. The minimum absolute atomic E-state index is 0.462. The van der Waals surface area contributed by atoms with Crippen LogP contribution in [0.2, 0.25) is 0 Å². The van der Waals surface area contributed by atoms with Gasteiger partial charge in [-0.15, -0.1) is 0 Å². The van der Waals surface area contributed by atoms with Gasteiger partial charge in [-0.1, -0.05) is 13.3 Å². The molecule has 2 heteroatoms. The SMILES string of the molecule is CC1CCC(CN)C(OCC2CC2)C1. The van der Waals surface area contributed by atoms with Crippen molar-refractivity contribution in [2.24, 2.45) is 23.5 Å². The molecular weight excluding hydrogens is 174 g/mol. The average molecular weight is 197 g/mol. The fourth-order valence-corrected chi connectivity index (χ4v) is 2.41. The van der Waals surface area contributed by atoms with Crippen LogP contribution in [0.25, 0.3) is 0 Å². The molecule has 0 bridgehead atoms. The number of hydrogen-bond acceptors (Lipinski definition) is 2. The topological polar surface area (TPSA) is 35.2 Å². The summed E-state index contributed by atoms with van der Waals surface area (Å²) < 4.78 is 6.00. The van der Waals surface area contributed by atoms with Crippen molar-refractivity contribution in [3.8, 4) is 0 Å². The molecule has 3 unspecified atom stereocenters. The lowest BCUT2D eigenvalue weighted by Gasteiger charge is -2.34. The van der Waals surface area contributed by atoms with Crippen LogP contribution in [0.1, 0.15) is 39.0 Å². The Labute approximate surface area is 87.2 Å². The highest BCUT2D eigenvalue weighted by Crippen LogP contribution is 2.34. The quantitative estimate of drug-likeness (QED) is 0.749. The minimum Gasteiger partial charge on any atom is -0.378 e. The predicted molar refractivity (Wildman–Crippen MR) is 58.0 cm³/mol. The van der Waals surface area contributed by atoms with E-state index in [4.69, 9.17) is 10.5 Å². The van der Waals surface area contributed by atoms with Crippen molar-refractivity contribution in [2.75, 3.05) is 13.2 Å². The van der Waals surface area contributed by atoms with Gasteiger partial charge in [0, 0.05) is 6.61 Å². The van der Waals surface area contributed by atoms with Gasteiger partial charge in [-0.2, -0.15) is 0 Å². The summed E-state index contributed by atoms with van der Waals surface area (Å²) in [4.78, 5) is 0. The van der Waals surface area contributed by atoms with Gasteiger partial charge in [-0.05, 0) is 50.0 Å². The Balaban J connectivity index is 1.77. The molecule has 2 N–H and O–H groups in total. The molecule has 2 aliphatic carbocycles. The molecule has 0 amide bonds. The van der Waals surface area contributed by atoms with E-state index < -0.39 is 0 Å². The maximum absolute atomic E-state index is 6.00. The van der Waals surface area contributed by atoms with E-state index >= 15 is 0 Å². The number of hydrogen-bond donors (Lipinski definition) is 1. The molecule has 0 aliphatic heterocycles. The Kier molecular flexibility index (Phi) is 3.45. The lowest BCUT2D eigenvalue weighted by molar-refractivity contribution is -0.0254. The van der Waals surface area contributed by atoms with Gasteiger partial charge < -0.3 is 10.5 Å². The average Bonchev–Trinajstić information content (AvgIpc) is 2.98. The maximum Gasteiger partial charge on any atom is 0.0618 e. The van der Waals surface area contributed by atoms with Gasteiger partial charge in [0.1, 0.15) is 0 Å². The highest BCUT2D eigenvalue weighted by atomic mass is 16.5. The predicted octanol–water partition coefficient (Wildman–Crippen LogP) is 2.18. The fourth-order valence-electron chi connectivity index (χ4n) is 2.41. The molecule has 0 aromatic carbocycles. The second-order valence-electron chi connectivity index (χ2n) is 5.23. The lowest BCUT2D eigenvalue weighted by atomic mass is 9.80. The molecule has 0 saturated heterocycles. The first-order valence-corrected chi connectivity index (χ1v) is 6.11. The summed E-state index contributed by atoms with van der Waals surface area (Å²) >= 11 is 0. The van der Waals surface area contributed by atoms with Gasteiger partial charge in [0.05, 0.1) is 6.10 Å². The van der Waals surface area contributed by atoms with Crippen molar-refractivity contribution in [1.82, 2.24) is 0 Å². The van der Waals surface area contributed by atoms with Gasteiger partial charge in [0.15, 0.2) is 0 Å². The third-order valence-electron chi connectivity index (χ3n) is 3.74. The van der Waals surface area contributed by atoms with E-state index in [2.05, 4.69) is 6.92 Å². The molecular formula is C12H23NO. The van der Waals surface area contributed by atoms with Crippen molar-refractivity contribution in [2.45, 2.75) is 45.1 Å². The summed E-state index contributed by atoms with van der Waals surface area (Å²) in [7, 11) is 0. The summed E-state index contributed by atoms with van der Waals surface area (Å²) in [5, 5.41) is 0. The van der Waals surface area contributed by atoms with Crippen LogP contribution in [-0.4, -0.2) is 19.3 Å². The van der Waals surface area contributed by atoms with E-state index in [0.29, 0.717) is 12.0 Å². The van der Waals surface area contributed by atoms with Crippen LogP contribution < -0.4 is 5.73 Å². The lowest BCUT2D eigenvalue weighted by Crippen LogP contribution is -2.36. The van der Waals surface area contributed by atoms with Crippen LogP contribution in [0.4, 0.5) is 0 Å². The zero-order valence-corrected chi connectivity index (χ0v) is 9.24. The zero-order chi connectivity index (χ0) is 9.97. The van der Waals surface area contributed by atoms with E-state index in [9.17, 15) is 0 Å². The second-order valence-corrected chi connectivity index (χ2v) is 5.23. The summed E-state index contributed by atoms with van der Waals surface area (Å²) in [5.74, 6) is 2.35. The third kappa shape index (κ3) is 2.71. The van der Waals surface area contributed by atoms with Gasteiger partial charge in [0.2, 0.25) is 0 Å². The Hall–Kier alpha value is -0.0800. The summed E-state index contributed by atoms with van der Waals surface area (Å²) in [6.07, 6.45) is 7.07. The van der Waals surface area contributed by atoms with Crippen molar-refractivity contribution in [1.29, 1.82) is 0 Å². The van der Waals surface area contributed by atoms with Crippen LogP contribution in [-0.2, 0) is 4.74 Å². The van der Waals surface area contributed by atoms with E-state index in [-0.39, 0.29) is 0 Å².